The number of rotatable bonds is 1. The molecular weight excluding hydrogens is 274 g/mol. The van der Waals surface area contributed by atoms with E-state index in [0.29, 0.717) is 5.69 Å². The molecule has 0 saturated heterocycles. The molecule has 2 N–H and O–H groups in total. The summed E-state index contributed by atoms with van der Waals surface area (Å²) in [5, 5.41) is 16.0. The summed E-state index contributed by atoms with van der Waals surface area (Å²) < 4.78 is 0. The van der Waals surface area contributed by atoms with Gasteiger partial charge in [-0.2, -0.15) is 0 Å². The molecule has 0 bridgehead atoms. The van der Waals surface area contributed by atoms with Gasteiger partial charge in [-0.05, 0) is 18.2 Å². The van der Waals surface area contributed by atoms with Crippen LogP contribution in [0.2, 0.25) is 0 Å². The van der Waals surface area contributed by atoms with Gasteiger partial charge in [-0.25, -0.2) is 0 Å². The molecule has 0 spiro atoms. The second-order valence-electron chi connectivity index (χ2n) is 4.44. The van der Waals surface area contributed by atoms with Crippen molar-refractivity contribution in [3.8, 4) is 0 Å². The first-order valence-corrected chi connectivity index (χ1v) is 6.06. The summed E-state index contributed by atoms with van der Waals surface area (Å²) in [5.74, 6) is -0.919. The molecule has 21 heavy (non-hydrogen) atoms. The van der Waals surface area contributed by atoms with E-state index in [1.165, 1.54) is 24.3 Å². The number of fused-ring (bicyclic) bond motifs is 2. The van der Waals surface area contributed by atoms with Crippen LogP contribution in [-0.2, 0) is 0 Å². The summed E-state index contributed by atoms with van der Waals surface area (Å²) in [6.07, 6.45) is 0. The monoisotopic (exact) mass is 283 g/mol. The number of amides is 2. The van der Waals surface area contributed by atoms with E-state index in [4.69, 9.17) is 0 Å². The van der Waals surface area contributed by atoms with Crippen LogP contribution < -0.4 is 10.6 Å². The number of nitrogens with one attached hydrogen (secondary N) is 2. The van der Waals surface area contributed by atoms with Crippen LogP contribution in [0.25, 0.3) is 0 Å². The van der Waals surface area contributed by atoms with E-state index in [1.54, 1.807) is 18.2 Å². The number of hydrogen-bond donors (Lipinski definition) is 2. The number of nitro groups is 1. The summed E-state index contributed by atoms with van der Waals surface area (Å²) in [6.45, 7) is 0. The van der Waals surface area contributed by atoms with Crippen LogP contribution in [-0.4, -0.2) is 16.7 Å². The zero-order valence-corrected chi connectivity index (χ0v) is 10.6. The van der Waals surface area contributed by atoms with Gasteiger partial charge in [-0.15, -0.1) is 0 Å². The molecule has 0 saturated carbocycles. The van der Waals surface area contributed by atoms with Crippen molar-refractivity contribution < 1.29 is 14.5 Å². The molecule has 0 fully saturated rings. The van der Waals surface area contributed by atoms with Gasteiger partial charge in [0.2, 0.25) is 0 Å². The van der Waals surface area contributed by atoms with Gasteiger partial charge in [-0.1, -0.05) is 12.1 Å². The van der Waals surface area contributed by atoms with Gasteiger partial charge in [0, 0.05) is 12.1 Å². The van der Waals surface area contributed by atoms with E-state index >= 15 is 0 Å². The van der Waals surface area contributed by atoms with E-state index in [1.807, 2.05) is 0 Å². The largest absolute Gasteiger partial charge is 0.320 e. The summed E-state index contributed by atoms with van der Waals surface area (Å²) >= 11 is 0. The Balaban J connectivity index is 2.12. The third-order valence-electron chi connectivity index (χ3n) is 3.13. The van der Waals surface area contributed by atoms with Crippen LogP contribution in [0.4, 0.5) is 17.1 Å². The van der Waals surface area contributed by atoms with Crippen LogP contribution in [0, 0.1) is 10.1 Å². The molecule has 0 aliphatic carbocycles. The maximum atomic E-state index is 12.2. The van der Waals surface area contributed by atoms with Gasteiger partial charge < -0.3 is 10.6 Å². The van der Waals surface area contributed by atoms with Crippen LogP contribution in [0.15, 0.2) is 42.5 Å². The van der Waals surface area contributed by atoms with E-state index in [9.17, 15) is 19.7 Å². The molecule has 2 aromatic rings. The highest BCUT2D eigenvalue weighted by Gasteiger charge is 2.23. The standard InChI is InChI=1S/C14H9N3O4/c18-13-9-3-1-2-4-10(9)14(19)16-12-7-8(17(20)21)5-6-11(12)15-13/h1-7H,(H,15,18)(H,16,19). The average molecular weight is 283 g/mol. The Kier molecular flexibility index (Phi) is 2.87. The van der Waals surface area contributed by atoms with E-state index in [2.05, 4.69) is 10.6 Å². The number of non-ortho nitro benzene ring substituents is 1. The molecule has 1 aliphatic heterocycles. The summed E-state index contributed by atoms with van der Waals surface area (Å²) in [4.78, 5) is 34.6. The maximum absolute atomic E-state index is 12.2. The van der Waals surface area contributed by atoms with Crippen molar-refractivity contribution in [3.63, 3.8) is 0 Å². The highest BCUT2D eigenvalue weighted by atomic mass is 16.6. The highest BCUT2D eigenvalue weighted by Crippen LogP contribution is 2.30. The van der Waals surface area contributed by atoms with Crippen molar-refractivity contribution in [3.05, 3.63) is 63.7 Å². The lowest BCUT2D eigenvalue weighted by Crippen LogP contribution is -2.24. The van der Waals surface area contributed by atoms with Gasteiger partial charge in [0.1, 0.15) is 0 Å². The lowest BCUT2D eigenvalue weighted by atomic mass is 10.0. The predicted octanol–water partition coefficient (Wildman–Crippen LogP) is 2.41. The first-order valence-electron chi connectivity index (χ1n) is 6.06. The fraction of sp³-hybridized carbons (Fsp3) is 0. The third kappa shape index (κ3) is 2.20. The smallest absolute Gasteiger partial charge is 0.271 e. The number of anilines is 2. The van der Waals surface area contributed by atoms with Gasteiger partial charge >= 0.3 is 0 Å². The zero-order chi connectivity index (χ0) is 15.0. The number of hydrogen-bond acceptors (Lipinski definition) is 4. The van der Waals surface area contributed by atoms with Gasteiger partial charge in [0.15, 0.2) is 0 Å². The Hall–Kier alpha value is -3.22. The molecular formula is C14H9N3O4. The molecule has 1 aliphatic rings. The van der Waals surface area contributed by atoms with Gasteiger partial charge in [0.25, 0.3) is 17.5 Å². The fourth-order valence-electron chi connectivity index (χ4n) is 2.12. The number of nitrogens with zero attached hydrogens (tertiary/aromatic N) is 1. The topological polar surface area (TPSA) is 101 Å². The lowest BCUT2D eigenvalue weighted by molar-refractivity contribution is -0.384. The lowest BCUT2D eigenvalue weighted by Gasteiger charge is -2.17. The highest BCUT2D eigenvalue weighted by molar-refractivity contribution is 6.19. The second-order valence-corrected chi connectivity index (χ2v) is 4.44. The molecule has 1 heterocycles. The summed E-state index contributed by atoms with van der Waals surface area (Å²) in [6, 6.07) is 10.2. The van der Waals surface area contributed by atoms with E-state index < -0.39 is 16.7 Å². The van der Waals surface area contributed by atoms with Crippen molar-refractivity contribution in [1.29, 1.82) is 0 Å². The number of carbonyl (C=O) groups is 2. The second kappa shape index (κ2) is 4.71. The van der Waals surface area contributed by atoms with Gasteiger partial charge in [0.05, 0.1) is 27.4 Å². The molecule has 0 unspecified atom stereocenters. The van der Waals surface area contributed by atoms with Crippen molar-refractivity contribution in [1.82, 2.24) is 0 Å². The molecule has 0 atom stereocenters. The minimum absolute atomic E-state index is 0.169. The maximum Gasteiger partial charge on any atom is 0.271 e. The molecule has 7 nitrogen and oxygen atoms in total. The Morgan fingerprint density at radius 1 is 0.857 bits per heavy atom. The molecule has 0 aromatic heterocycles. The Labute approximate surface area is 118 Å². The van der Waals surface area contributed by atoms with Crippen molar-refractivity contribution in [2.24, 2.45) is 0 Å². The average Bonchev–Trinajstić information content (AvgIpc) is 2.47. The van der Waals surface area contributed by atoms with Crippen LogP contribution >= 0.6 is 0 Å². The van der Waals surface area contributed by atoms with Crippen molar-refractivity contribution in [2.75, 3.05) is 10.6 Å². The number of benzene rings is 2. The molecule has 7 heteroatoms. The number of carbonyl (C=O) groups excluding carboxylic acids is 2. The SMILES string of the molecule is O=C1Nc2ccc([N+](=O)[O-])cc2NC(=O)c2ccccc21. The Bertz CT molecular complexity index is 786. The van der Waals surface area contributed by atoms with E-state index in [-0.39, 0.29) is 22.5 Å². The van der Waals surface area contributed by atoms with Crippen LogP contribution in [0.5, 0.6) is 0 Å². The van der Waals surface area contributed by atoms with Crippen LogP contribution in [0.3, 0.4) is 0 Å². The summed E-state index contributed by atoms with van der Waals surface area (Å²) in [5.41, 5.74) is 0.800. The molecule has 104 valence electrons. The Morgan fingerprint density at radius 3 is 2.00 bits per heavy atom. The molecule has 0 radical (unpaired) electrons. The number of nitro benzene ring substituents is 1. The first-order chi connectivity index (χ1) is 10.1. The van der Waals surface area contributed by atoms with Crippen LogP contribution in [0.1, 0.15) is 20.7 Å². The van der Waals surface area contributed by atoms with E-state index in [0.717, 1.165) is 0 Å². The molecule has 2 amide bonds. The van der Waals surface area contributed by atoms with Crippen molar-refractivity contribution in [2.45, 2.75) is 0 Å². The summed E-state index contributed by atoms with van der Waals surface area (Å²) in [7, 11) is 0. The fourth-order valence-corrected chi connectivity index (χ4v) is 2.12. The minimum Gasteiger partial charge on any atom is -0.320 e. The predicted molar refractivity (Wildman–Crippen MR) is 75.4 cm³/mol. The molecule has 2 aromatic carbocycles. The quantitative estimate of drug-likeness (QED) is 0.619. The third-order valence-corrected chi connectivity index (χ3v) is 3.13. The van der Waals surface area contributed by atoms with Crippen molar-refractivity contribution >= 4 is 28.9 Å². The van der Waals surface area contributed by atoms with Gasteiger partial charge in [-0.3, -0.25) is 19.7 Å². The molecule has 3 rings (SSSR count). The first kappa shape index (κ1) is 12.8. The normalized spacial score (nSPS) is 13.1. The zero-order valence-electron chi connectivity index (χ0n) is 10.6. The minimum atomic E-state index is -0.568. The Morgan fingerprint density at radius 2 is 1.43 bits per heavy atom.